The van der Waals surface area contributed by atoms with Crippen LogP contribution in [0.25, 0.3) is 0 Å². The van der Waals surface area contributed by atoms with E-state index in [9.17, 15) is 43.2 Å². The second-order valence-electron chi connectivity index (χ2n) is 28.5. The number of esters is 4. The number of carbonyl (C=O) groups excluding carboxylic acids is 4. The number of aliphatic hydroxyl groups is 1. The Bertz CT molecular complexity index is 1840. The van der Waals surface area contributed by atoms with Crippen LogP contribution in [0.5, 0.6) is 0 Å². The van der Waals surface area contributed by atoms with E-state index in [1.807, 2.05) is 0 Å². The second kappa shape index (κ2) is 65.7. The third kappa shape index (κ3) is 68.6. The number of hydrogen-bond donors (Lipinski definition) is 3. The Kier molecular flexibility index (Phi) is 64.3. The van der Waals surface area contributed by atoms with Gasteiger partial charge < -0.3 is 33.8 Å². The van der Waals surface area contributed by atoms with Crippen LogP contribution in [0.1, 0.15) is 382 Å². The molecule has 0 aliphatic heterocycles. The van der Waals surface area contributed by atoms with E-state index in [1.54, 1.807) is 0 Å². The molecule has 5 atom stereocenters. The van der Waals surface area contributed by atoms with Gasteiger partial charge in [-0.2, -0.15) is 0 Å². The van der Waals surface area contributed by atoms with Crippen LogP contribution in [0.15, 0.2) is 0 Å². The maximum Gasteiger partial charge on any atom is 0.472 e. The highest BCUT2D eigenvalue weighted by Gasteiger charge is 2.30. The van der Waals surface area contributed by atoms with E-state index in [4.69, 9.17) is 37.0 Å². The molecule has 0 heterocycles. The molecular weight excluding hydrogens is 1230 g/mol. The van der Waals surface area contributed by atoms with Crippen molar-refractivity contribution in [3.8, 4) is 0 Å². The lowest BCUT2D eigenvalue weighted by atomic mass is 10.0. The normalized spacial score (nSPS) is 14.1. The number of aliphatic hydroxyl groups excluding tert-OH is 1. The zero-order chi connectivity index (χ0) is 69.4. The van der Waals surface area contributed by atoms with E-state index >= 15 is 0 Å². The zero-order valence-corrected chi connectivity index (χ0v) is 63.2. The van der Waals surface area contributed by atoms with Gasteiger partial charge in [-0.15, -0.1) is 0 Å². The van der Waals surface area contributed by atoms with Gasteiger partial charge in [0.15, 0.2) is 12.2 Å². The molecule has 0 aromatic rings. The van der Waals surface area contributed by atoms with Gasteiger partial charge in [-0.3, -0.25) is 37.3 Å². The third-order valence-corrected chi connectivity index (χ3v) is 19.3. The first kappa shape index (κ1) is 92.1. The molecule has 17 nitrogen and oxygen atoms in total. The molecule has 0 bridgehead atoms. The second-order valence-corrected chi connectivity index (χ2v) is 31.4. The van der Waals surface area contributed by atoms with Crippen LogP contribution in [-0.2, 0) is 65.4 Å². The Labute approximate surface area is 575 Å². The van der Waals surface area contributed by atoms with Gasteiger partial charge in [-0.25, -0.2) is 9.13 Å². The van der Waals surface area contributed by atoms with E-state index in [0.717, 1.165) is 108 Å². The molecule has 19 heteroatoms. The summed E-state index contributed by atoms with van der Waals surface area (Å²) in [6, 6.07) is 0. The Balaban J connectivity index is 5.23. The summed E-state index contributed by atoms with van der Waals surface area (Å²) in [4.78, 5) is 72.7. The molecule has 0 aromatic heterocycles. The summed E-state index contributed by atoms with van der Waals surface area (Å²) in [6.07, 6.45) is 51.5. The molecule has 558 valence electrons. The van der Waals surface area contributed by atoms with Gasteiger partial charge in [0.05, 0.1) is 26.4 Å². The summed E-state index contributed by atoms with van der Waals surface area (Å²) in [6.45, 7) is 11.8. The number of rotatable bonds is 73. The molecule has 94 heavy (non-hydrogen) atoms. The fourth-order valence-corrected chi connectivity index (χ4v) is 13.0. The zero-order valence-electron chi connectivity index (χ0n) is 61.4. The fourth-order valence-electron chi connectivity index (χ4n) is 11.4. The lowest BCUT2D eigenvalue weighted by molar-refractivity contribution is -0.161. The highest BCUT2D eigenvalue weighted by Crippen LogP contribution is 2.45. The average molecular weight is 1380 g/mol. The Morgan fingerprint density at radius 3 is 0.723 bits per heavy atom. The maximum absolute atomic E-state index is 13.1. The molecule has 3 N–H and O–H groups in total. The predicted molar refractivity (Wildman–Crippen MR) is 381 cm³/mol. The summed E-state index contributed by atoms with van der Waals surface area (Å²) in [5.74, 6) is 0.0975. The number of phosphoric ester groups is 2. The van der Waals surface area contributed by atoms with Crippen molar-refractivity contribution < 1.29 is 80.2 Å². The molecule has 0 aliphatic carbocycles. The molecule has 0 saturated heterocycles. The minimum Gasteiger partial charge on any atom is -0.462 e. The van der Waals surface area contributed by atoms with Crippen molar-refractivity contribution in [1.82, 2.24) is 0 Å². The molecule has 0 radical (unpaired) electrons. The van der Waals surface area contributed by atoms with E-state index in [1.165, 1.54) is 186 Å². The number of ether oxygens (including phenoxy) is 4. The van der Waals surface area contributed by atoms with Crippen molar-refractivity contribution in [2.24, 2.45) is 17.8 Å². The molecule has 0 fully saturated rings. The summed E-state index contributed by atoms with van der Waals surface area (Å²) in [5.41, 5.74) is 0. The van der Waals surface area contributed by atoms with E-state index in [-0.39, 0.29) is 25.7 Å². The molecule has 0 rings (SSSR count). The van der Waals surface area contributed by atoms with Crippen LogP contribution >= 0.6 is 15.6 Å². The minimum absolute atomic E-state index is 0.104. The molecule has 0 saturated carbocycles. The summed E-state index contributed by atoms with van der Waals surface area (Å²) < 4.78 is 68.4. The first-order chi connectivity index (χ1) is 45.2. The Morgan fingerprint density at radius 1 is 0.287 bits per heavy atom. The van der Waals surface area contributed by atoms with Crippen molar-refractivity contribution in [1.29, 1.82) is 0 Å². The van der Waals surface area contributed by atoms with Gasteiger partial charge in [-0.05, 0) is 43.4 Å². The number of phosphoric acid groups is 2. The van der Waals surface area contributed by atoms with E-state index in [2.05, 4.69) is 48.5 Å². The van der Waals surface area contributed by atoms with Gasteiger partial charge >= 0.3 is 39.5 Å². The predicted octanol–water partition coefficient (Wildman–Crippen LogP) is 21.8. The first-order valence-electron chi connectivity index (χ1n) is 38.8. The highest BCUT2D eigenvalue weighted by atomic mass is 31.2. The van der Waals surface area contributed by atoms with Gasteiger partial charge in [0.2, 0.25) is 0 Å². The lowest BCUT2D eigenvalue weighted by Crippen LogP contribution is -2.30. The fraction of sp³-hybridized carbons (Fsp3) is 0.947. The number of carbonyl (C=O) groups is 4. The lowest BCUT2D eigenvalue weighted by Gasteiger charge is -2.21. The van der Waals surface area contributed by atoms with Crippen molar-refractivity contribution in [3.63, 3.8) is 0 Å². The van der Waals surface area contributed by atoms with Crippen LogP contribution in [0.2, 0.25) is 0 Å². The van der Waals surface area contributed by atoms with Crippen LogP contribution in [-0.4, -0.2) is 96.7 Å². The van der Waals surface area contributed by atoms with Gasteiger partial charge in [0.1, 0.15) is 19.3 Å². The molecule has 0 aliphatic rings. The maximum atomic E-state index is 13.1. The molecular formula is C75H146O17P2. The van der Waals surface area contributed by atoms with Crippen molar-refractivity contribution in [2.75, 3.05) is 39.6 Å². The highest BCUT2D eigenvalue weighted by molar-refractivity contribution is 7.47. The van der Waals surface area contributed by atoms with Crippen LogP contribution < -0.4 is 0 Å². The van der Waals surface area contributed by atoms with E-state index < -0.39 is 97.5 Å². The Morgan fingerprint density at radius 2 is 0.489 bits per heavy atom. The molecule has 0 aromatic carbocycles. The van der Waals surface area contributed by atoms with Crippen LogP contribution in [0.4, 0.5) is 0 Å². The molecule has 2 unspecified atom stereocenters. The van der Waals surface area contributed by atoms with Crippen LogP contribution in [0, 0.1) is 17.8 Å². The van der Waals surface area contributed by atoms with E-state index in [0.29, 0.717) is 31.6 Å². The van der Waals surface area contributed by atoms with Crippen LogP contribution in [0.3, 0.4) is 0 Å². The van der Waals surface area contributed by atoms with Gasteiger partial charge in [0, 0.05) is 25.7 Å². The third-order valence-electron chi connectivity index (χ3n) is 17.4. The summed E-state index contributed by atoms with van der Waals surface area (Å²) in [7, 11) is -9.91. The first-order valence-corrected chi connectivity index (χ1v) is 41.8. The quantitative estimate of drug-likeness (QED) is 0.0222. The summed E-state index contributed by atoms with van der Waals surface area (Å²) >= 11 is 0. The van der Waals surface area contributed by atoms with Gasteiger partial charge in [0.25, 0.3) is 0 Å². The smallest absolute Gasteiger partial charge is 0.462 e. The number of unbranched alkanes of at least 4 members (excludes halogenated alkanes) is 41. The van der Waals surface area contributed by atoms with Crippen molar-refractivity contribution >= 4 is 39.5 Å². The molecule has 0 amide bonds. The Hall–Kier alpha value is -1.94. The van der Waals surface area contributed by atoms with Gasteiger partial charge in [-0.1, -0.05) is 331 Å². The topological polar surface area (TPSA) is 237 Å². The standard InChI is InChI=1S/C75H146O17P2/c1-8-9-10-11-12-13-14-15-17-21-24-29-34-42-49-56-72(77)85-62-70(91-74(79)58-51-44-35-30-25-22-19-16-18-20-23-27-32-39-46-53-66(2)3)64-89-93(81,82)87-60-69(76)61-88-94(83,84)90-65-71(63-86-73(78)57-50-43-38-37-41-48-55-68(6)7)92-75(80)59-52-45-36-31-26-28-33-40-47-54-67(4)5/h66-71,76H,8-65H2,1-7H3,(H,81,82)(H,83,84)/t69-,70-,71-/m1/s1. The van der Waals surface area contributed by atoms with Crippen molar-refractivity contribution in [3.05, 3.63) is 0 Å². The molecule has 0 spiro atoms. The minimum atomic E-state index is -4.96. The number of hydrogen-bond acceptors (Lipinski definition) is 15. The average Bonchev–Trinajstić information content (AvgIpc) is 1.74. The SMILES string of the molecule is CCCCCCCCCCCCCCCCCC(=O)OC[C@H](COP(=O)(O)OC[C@@H](O)COP(=O)(O)OC[C@@H](COC(=O)CCCCCCCCC(C)C)OC(=O)CCCCCCCCCCCC(C)C)OC(=O)CCCCCCCCCCCCCCCCCC(C)C. The monoisotopic (exact) mass is 1380 g/mol. The summed E-state index contributed by atoms with van der Waals surface area (Å²) in [5, 5.41) is 10.6. The van der Waals surface area contributed by atoms with Crippen molar-refractivity contribution in [2.45, 2.75) is 401 Å². The largest absolute Gasteiger partial charge is 0.472 e.